The summed E-state index contributed by atoms with van der Waals surface area (Å²) in [4.78, 5) is 15.2. The molecule has 0 fully saturated rings. The van der Waals surface area contributed by atoms with Gasteiger partial charge < -0.3 is 5.11 Å². The molecule has 3 nitrogen and oxygen atoms in total. The Morgan fingerprint density at radius 3 is 3.00 bits per heavy atom. The van der Waals surface area contributed by atoms with Gasteiger partial charge in [-0.1, -0.05) is 15.9 Å². The number of carbonyl (C=O) groups is 1. The van der Waals surface area contributed by atoms with Crippen LogP contribution in [-0.2, 0) is 11.2 Å². The molecule has 0 aliphatic heterocycles. The molecule has 1 N–H and O–H groups in total. The minimum Gasteiger partial charge on any atom is -0.481 e. The Bertz CT molecular complexity index is 570. The van der Waals surface area contributed by atoms with E-state index >= 15 is 0 Å². The summed E-state index contributed by atoms with van der Waals surface area (Å²) in [5.74, 6) is -1.29. The first kappa shape index (κ1) is 12.2. The van der Waals surface area contributed by atoms with Crippen molar-refractivity contribution in [2.24, 2.45) is 0 Å². The Morgan fingerprint density at radius 2 is 2.29 bits per heavy atom. The first-order chi connectivity index (χ1) is 8.06. The van der Waals surface area contributed by atoms with Gasteiger partial charge in [0.05, 0.1) is 6.42 Å². The van der Waals surface area contributed by atoms with E-state index in [9.17, 15) is 9.18 Å². The van der Waals surface area contributed by atoms with Crippen molar-refractivity contribution in [1.82, 2.24) is 4.98 Å². The lowest BCUT2D eigenvalue weighted by molar-refractivity contribution is -0.136. The highest BCUT2D eigenvalue weighted by atomic mass is 79.9. The van der Waals surface area contributed by atoms with E-state index in [1.807, 2.05) is 0 Å². The van der Waals surface area contributed by atoms with Gasteiger partial charge in [-0.3, -0.25) is 4.79 Å². The fourth-order valence-corrected chi connectivity index (χ4v) is 2.61. The van der Waals surface area contributed by atoms with Gasteiger partial charge in [0.2, 0.25) is 0 Å². The van der Waals surface area contributed by atoms with E-state index in [-0.39, 0.29) is 12.2 Å². The van der Waals surface area contributed by atoms with Crippen LogP contribution in [0, 0.1) is 5.82 Å². The van der Waals surface area contributed by atoms with Crippen LogP contribution >= 0.6 is 27.3 Å². The predicted octanol–water partition coefficient (Wildman–Crippen LogP) is 3.34. The molecule has 1 heterocycles. The molecule has 6 heteroatoms. The second kappa shape index (κ2) is 4.93. The van der Waals surface area contributed by atoms with Crippen LogP contribution in [0.1, 0.15) is 4.88 Å². The van der Waals surface area contributed by atoms with Crippen LogP contribution in [0.25, 0.3) is 10.6 Å². The fourth-order valence-electron chi connectivity index (χ4n) is 1.32. The molecule has 0 atom stereocenters. The van der Waals surface area contributed by atoms with Gasteiger partial charge in [0.25, 0.3) is 0 Å². The molecule has 0 amide bonds. The average Bonchev–Trinajstić information content (AvgIpc) is 2.69. The van der Waals surface area contributed by atoms with Crippen LogP contribution in [-0.4, -0.2) is 16.1 Å². The molecule has 0 aliphatic rings. The molecule has 0 spiro atoms. The zero-order valence-corrected chi connectivity index (χ0v) is 10.9. The number of hydrogen-bond acceptors (Lipinski definition) is 3. The number of benzene rings is 1. The number of carboxylic acid groups (broad SMARTS) is 1. The van der Waals surface area contributed by atoms with Crippen molar-refractivity contribution in [1.29, 1.82) is 0 Å². The van der Waals surface area contributed by atoms with Crippen LogP contribution in [0.4, 0.5) is 4.39 Å². The summed E-state index contributed by atoms with van der Waals surface area (Å²) >= 11 is 4.44. The van der Waals surface area contributed by atoms with Crippen molar-refractivity contribution in [3.8, 4) is 10.6 Å². The van der Waals surface area contributed by atoms with E-state index in [0.717, 1.165) is 4.47 Å². The summed E-state index contributed by atoms with van der Waals surface area (Å²) in [6.45, 7) is 0. The number of nitrogens with zero attached hydrogens (tertiary/aromatic N) is 1. The summed E-state index contributed by atoms with van der Waals surface area (Å²) in [5, 5.41) is 9.13. The first-order valence-electron chi connectivity index (χ1n) is 4.68. The highest BCUT2D eigenvalue weighted by Gasteiger charge is 2.11. The van der Waals surface area contributed by atoms with E-state index < -0.39 is 5.97 Å². The Morgan fingerprint density at radius 1 is 1.53 bits per heavy atom. The Balaban J connectivity index is 2.36. The molecule has 1 aromatic heterocycles. The Hall–Kier alpha value is -1.27. The molecule has 17 heavy (non-hydrogen) atoms. The molecule has 0 radical (unpaired) electrons. The van der Waals surface area contributed by atoms with E-state index in [1.54, 1.807) is 12.1 Å². The third kappa shape index (κ3) is 2.89. The molecule has 88 valence electrons. The van der Waals surface area contributed by atoms with E-state index in [4.69, 9.17) is 5.11 Å². The van der Waals surface area contributed by atoms with Gasteiger partial charge in [-0.25, -0.2) is 9.37 Å². The molecule has 2 aromatic rings. The summed E-state index contributed by atoms with van der Waals surface area (Å²) in [7, 11) is 0. The van der Waals surface area contributed by atoms with E-state index in [0.29, 0.717) is 15.4 Å². The van der Waals surface area contributed by atoms with Gasteiger partial charge >= 0.3 is 5.97 Å². The van der Waals surface area contributed by atoms with Crippen LogP contribution in [0.15, 0.2) is 28.9 Å². The quantitative estimate of drug-likeness (QED) is 0.945. The fraction of sp³-hybridized carbons (Fsp3) is 0.0909. The molecular weight excluding hydrogens is 309 g/mol. The molecular formula is C11H7BrFNO2S. The molecule has 2 rings (SSSR count). The Labute approximate surface area is 109 Å². The van der Waals surface area contributed by atoms with Crippen LogP contribution in [0.2, 0.25) is 0 Å². The van der Waals surface area contributed by atoms with Gasteiger partial charge in [0, 0.05) is 21.1 Å². The minimum atomic E-state index is -0.921. The van der Waals surface area contributed by atoms with Gasteiger partial charge in [0.15, 0.2) is 0 Å². The zero-order chi connectivity index (χ0) is 12.4. The third-order valence-corrected chi connectivity index (χ3v) is 3.56. The van der Waals surface area contributed by atoms with Gasteiger partial charge in [-0.05, 0) is 18.2 Å². The largest absolute Gasteiger partial charge is 0.481 e. The van der Waals surface area contributed by atoms with Crippen LogP contribution < -0.4 is 0 Å². The lowest BCUT2D eigenvalue weighted by atomic mass is 10.2. The molecule has 0 aliphatic carbocycles. The first-order valence-corrected chi connectivity index (χ1v) is 6.29. The van der Waals surface area contributed by atoms with Crippen molar-refractivity contribution in [3.63, 3.8) is 0 Å². The summed E-state index contributed by atoms with van der Waals surface area (Å²) < 4.78 is 14.3. The number of aromatic nitrogens is 1. The van der Waals surface area contributed by atoms with Crippen LogP contribution in [0.5, 0.6) is 0 Å². The van der Waals surface area contributed by atoms with E-state index in [1.165, 1.54) is 23.6 Å². The molecule has 0 saturated heterocycles. The smallest absolute Gasteiger partial charge is 0.308 e. The number of aliphatic carboxylic acids is 1. The maximum atomic E-state index is 13.6. The minimum absolute atomic E-state index is 0.0900. The van der Waals surface area contributed by atoms with Gasteiger partial charge in [-0.15, -0.1) is 11.3 Å². The number of halogens is 2. The molecule has 1 aromatic carbocycles. The van der Waals surface area contributed by atoms with Crippen LogP contribution in [0.3, 0.4) is 0 Å². The average molecular weight is 316 g/mol. The molecule has 0 unspecified atom stereocenters. The highest BCUT2D eigenvalue weighted by molar-refractivity contribution is 9.10. The van der Waals surface area contributed by atoms with Gasteiger partial charge in [-0.2, -0.15) is 0 Å². The second-order valence-electron chi connectivity index (χ2n) is 3.33. The van der Waals surface area contributed by atoms with Crippen molar-refractivity contribution < 1.29 is 14.3 Å². The third-order valence-electron chi connectivity index (χ3n) is 2.04. The zero-order valence-electron chi connectivity index (χ0n) is 8.48. The number of thiazole rings is 1. The predicted molar refractivity (Wildman–Crippen MR) is 66.5 cm³/mol. The summed E-state index contributed by atoms with van der Waals surface area (Å²) in [6, 6.07) is 4.57. The highest BCUT2D eigenvalue weighted by Crippen LogP contribution is 2.29. The maximum absolute atomic E-state index is 13.6. The monoisotopic (exact) mass is 315 g/mol. The lowest BCUT2D eigenvalue weighted by Crippen LogP contribution is -1.97. The van der Waals surface area contributed by atoms with Crippen molar-refractivity contribution in [2.75, 3.05) is 0 Å². The lowest BCUT2D eigenvalue weighted by Gasteiger charge is -1.99. The summed E-state index contributed by atoms with van der Waals surface area (Å²) in [6.07, 6.45) is 1.38. The molecule has 0 bridgehead atoms. The second-order valence-corrected chi connectivity index (χ2v) is 5.36. The maximum Gasteiger partial charge on any atom is 0.308 e. The van der Waals surface area contributed by atoms with Crippen molar-refractivity contribution in [3.05, 3.63) is 39.6 Å². The standard InChI is InChI=1S/C11H7BrFNO2S/c12-6-1-2-9(13)8(3-6)11-14-5-7(17-11)4-10(15)16/h1-3,5H,4H2,(H,15,16). The topological polar surface area (TPSA) is 50.2 Å². The number of carboxylic acids is 1. The Kier molecular flexibility index (Phi) is 3.54. The normalized spacial score (nSPS) is 10.5. The van der Waals surface area contributed by atoms with Gasteiger partial charge in [0.1, 0.15) is 10.8 Å². The number of rotatable bonds is 3. The SMILES string of the molecule is O=C(O)Cc1cnc(-c2cc(Br)ccc2F)s1. The van der Waals surface area contributed by atoms with E-state index in [2.05, 4.69) is 20.9 Å². The number of hydrogen-bond donors (Lipinski definition) is 1. The summed E-state index contributed by atoms with van der Waals surface area (Å²) in [5.41, 5.74) is 0.376. The van der Waals surface area contributed by atoms with Crippen molar-refractivity contribution >= 4 is 33.2 Å². The molecule has 0 saturated carbocycles. The van der Waals surface area contributed by atoms with Crippen molar-refractivity contribution in [2.45, 2.75) is 6.42 Å².